The lowest BCUT2D eigenvalue weighted by atomic mass is 10.1. The fraction of sp³-hybridized carbons (Fsp3) is 0.583. The van der Waals surface area contributed by atoms with Crippen LogP contribution < -0.4 is 11.5 Å². The molecule has 0 radical (unpaired) electrons. The van der Waals surface area contributed by atoms with Crippen molar-refractivity contribution >= 4 is 5.84 Å². The molecule has 16 heavy (non-hydrogen) atoms. The largest absolute Gasteiger partial charge is 0.513 e. The molecule has 0 bridgehead atoms. The van der Waals surface area contributed by atoms with Gasteiger partial charge in [0.05, 0.1) is 11.3 Å². The van der Waals surface area contributed by atoms with Crippen molar-refractivity contribution in [1.82, 2.24) is 0 Å². The Hall–Kier alpha value is -1.45. The van der Waals surface area contributed by atoms with Crippen LogP contribution in [0.4, 0.5) is 0 Å². The normalized spacial score (nSPS) is 23.4. The van der Waals surface area contributed by atoms with Gasteiger partial charge in [0.1, 0.15) is 5.84 Å². The molecule has 0 aromatic carbocycles. The fourth-order valence-corrected chi connectivity index (χ4v) is 1.66. The Labute approximate surface area is 96.7 Å². The van der Waals surface area contributed by atoms with Gasteiger partial charge in [-0.2, -0.15) is 0 Å². The summed E-state index contributed by atoms with van der Waals surface area (Å²) in [6, 6.07) is 0. The number of hydrogen-bond acceptors (Lipinski definition) is 3. The molecule has 0 unspecified atom stereocenters. The average Bonchev–Trinajstić information content (AvgIpc) is 2.47. The number of amidine groups is 1. The standard InChI is InChI=1S/C12H21N3O/c1-12(2,3)15-11(14)7-10(13)8-4-5-9(16)6-8/h6-8,16H,4-5,13H2,1-3H3,(H2,14,15)/b10-7-/t8-/m0/s1. The topological polar surface area (TPSA) is 84.6 Å². The van der Waals surface area contributed by atoms with Crippen LogP contribution in [0.2, 0.25) is 0 Å². The average molecular weight is 223 g/mol. The number of allylic oxidation sites excluding steroid dienone is 2. The number of rotatable bonds is 2. The summed E-state index contributed by atoms with van der Waals surface area (Å²) in [5.74, 6) is 0.936. The smallest absolute Gasteiger partial charge is 0.120 e. The van der Waals surface area contributed by atoms with Gasteiger partial charge in [-0.1, -0.05) is 0 Å². The molecular weight excluding hydrogens is 202 g/mol. The van der Waals surface area contributed by atoms with Gasteiger partial charge in [0.2, 0.25) is 0 Å². The van der Waals surface area contributed by atoms with Gasteiger partial charge < -0.3 is 16.6 Å². The summed E-state index contributed by atoms with van der Waals surface area (Å²) in [4.78, 5) is 4.29. The molecule has 4 heteroatoms. The molecule has 1 aliphatic rings. The second-order valence-corrected chi connectivity index (χ2v) is 5.15. The molecule has 0 saturated heterocycles. The summed E-state index contributed by atoms with van der Waals surface area (Å²) in [7, 11) is 0. The van der Waals surface area contributed by atoms with Gasteiger partial charge in [0.15, 0.2) is 0 Å². The van der Waals surface area contributed by atoms with Crippen LogP contribution in [0.1, 0.15) is 33.6 Å². The number of hydrogen-bond donors (Lipinski definition) is 3. The van der Waals surface area contributed by atoms with E-state index in [9.17, 15) is 5.11 Å². The van der Waals surface area contributed by atoms with Crippen LogP contribution in [0.5, 0.6) is 0 Å². The van der Waals surface area contributed by atoms with Crippen molar-refractivity contribution in [3.63, 3.8) is 0 Å². The second-order valence-electron chi connectivity index (χ2n) is 5.15. The molecule has 4 nitrogen and oxygen atoms in total. The van der Waals surface area contributed by atoms with Crippen LogP contribution in [0.25, 0.3) is 0 Å². The summed E-state index contributed by atoms with van der Waals surface area (Å²) in [5, 5.41) is 9.29. The van der Waals surface area contributed by atoms with Gasteiger partial charge in [0.25, 0.3) is 0 Å². The van der Waals surface area contributed by atoms with E-state index in [2.05, 4.69) is 4.99 Å². The van der Waals surface area contributed by atoms with Gasteiger partial charge in [0, 0.05) is 18.0 Å². The lowest BCUT2D eigenvalue weighted by Crippen LogP contribution is -2.21. The lowest BCUT2D eigenvalue weighted by molar-refractivity contribution is 0.397. The Morgan fingerprint density at radius 1 is 1.50 bits per heavy atom. The molecule has 1 aliphatic carbocycles. The van der Waals surface area contributed by atoms with E-state index >= 15 is 0 Å². The molecule has 0 saturated carbocycles. The van der Waals surface area contributed by atoms with Gasteiger partial charge in [-0.05, 0) is 39.3 Å². The zero-order chi connectivity index (χ0) is 12.3. The van der Waals surface area contributed by atoms with Crippen LogP contribution in [-0.2, 0) is 0 Å². The first-order valence-electron chi connectivity index (χ1n) is 5.50. The molecule has 5 N–H and O–H groups in total. The first-order chi connectivity index (χ1) is 7.28. The second kappa shape index (κ2) is 4.60. The van der Waals surface area contributed by atoms with Gasteiger partial charge in [-0.15, -0.1) is 0 Å². The summed E-state index contributed by atoms with van der Waals surface area (Å²) < 4.78 is 0. The minimum Gasteiger partial charge on any atom is -0.513 e. The van der Waals surface area contributed by atoms with Crippen LogP contribution in [0.3, 0.4) is 0 Å². The summed E-state index contributed by atoms with van der Waals surface area (Å²) in [6.45, 7) is 5.93. The number of aliphatic hydroxyl groups is 1. The molecule has 0 spiro atoms. The summed E-state index contributed by atoms with van der Waals surface area (Å²) >= 11 is 0. The molecule has 0 aliphatic heterocycles. The summed E-state index contributed by atoms with van der Waals surface area (Å²) in [5.41, 5.74) is 12.1. The molecule has 1 rings (SSSR count). The van der Waals surface area contributed by atoms with E-state index in [1.807, 2.05) is 20.8 Å². The van der Waals surface area contributed by atoms with E-state index in [-0.39, 0.29) is 11.5 Å². The van der Waals surface area contributed by atoms with Crippen molar-refractivity contribution in [2.45, 2.75) is 39.2 Å². The third-order valence-electron chi connectivity index (χ3n) is 2.31. The van der Waals surface area contributed by atoms with E-state index in [1.165, 1.54) is 0 Å². The molecule has 1 atom stereocenters. The number of aliphatic imine (C=N–C) groups is 1. The van der Waals surface area contributed by atoms with E-state index in [0.717, 1.165) is 6.42 Å². The SMILES string of the molecule is CC(C)(C)N=C(N)/C=C(\N)[C@@H]1C=C(O)CC1. The van der Waals surface area contributed by atoms with Crippen molar-refractivity contribution in [2.24, 2.45) is 22.4 Å². The Bertz CT molecular complexity index is 348. The molecule has 90 valence electrons. The van der Waals surface area contributed by atoms with E-state index < -0.39 is 0 Å². The predicted octanol–water partition coefficient (Wildman–Crippen LogP) is 1.84. The Kier molecular flexibility index (Phi) is 3.62. The highest BCUT2D eigenvalue weighted by Gasteiger charge is 2.17. The maximum atomic E-state index is 9.29. The van der Waals surface area contributed by atoms with Crippen LogP contribution in [0.15, 0.2) is 28.6 Å². The first kappa shape index (κ1) is 12.6. The zero-order valence-corrected chi connectivity index (χ0v) is 10.2. The number of nitrogens with two attached hydrogens (primary N) is 2. The highest BCUT2D eigenvalue weighted by molar-refractivity contribution is 5.92. The maximum Gasteiger partial charge on any atom is 0.120 e. The maximum absolute atomic E-state index is 9.29. The van der Waals surface area contributed by atoms with Crippen molar-refractivity contribution < 1.29 is 5.11 Å². The van der Waals surface area contributed by atoms with Crippen molar-refractivity contribution in [3.05, 3.63) is 23.6 Å². The minimum atomic E-state index is -0.200. The molecular formula is C12H21N3O. The molecule has 0 heterocycles. The molecule has 0 aromatic heterocycles. The van der Waals surface area contributed by atoms with Crippen LogP contribution in [-0.4, -0.2) is 16.5 Å². The number of nitrogens with zero attached hydrogens (tertiary/aromatic N) is 1. The zero-order valence-electron chi connectivity index (χ0n) is 10.2. The third-order valence-corrected chi connectivity index (χ3v) is 2.31. The molecule has 0 fully saturated rings. The molecule has 0 aromatic rings. The van der Waals surface area contributed by atoms with E-state index in [0.29, 0.717) is 23.7 Å². The highest BCUT2D eigenvalue weighted by atomic mass is 16.3. The van der Waals surface area contributed by atoms with Crippen LogP contribution in [0, 0.1) is 5.92 Å². The van der Waals surface area contributed by atoms with Crippen molar-refractivity contribution in [2.75, 3.05) is 0 Å². The Morgan fingerprint density at radius 2 is 2.12 bits per heavy atom. The monoisotopic (exact) mass is 223 g/mol. The molecule has 0 amide bonds. The summed E-state index contributed by atoms with van der Waals surface area (Å²) in [6.07, 6.45) is 4.99. The minimum absolute atomic E-state index is 0.0914. The highest BCUT2D eigenvalue weighted by Crippen LogP contribution is 2.25. The Morgan fingerprint density at radius 3 is 2.56 bits per heavy atom. The number of aliphatic hydroxyl groups excluding tert-OH is 1. The first-order valence-corrected chi connectivity index (χ1v) is 5.50. The van der Waals surface area contributed by atoms with E-state index in [4.69, 9.17) is 11.5 Å². The predicted molar refractivity (Wildman–Crippen MR) is 67.1 cm³/mol. The van der Waals surface area contributed by atoms with Gasteiger partial charge in [-0.25, -0.2) is 0 Å². The van der Waals surface area contributed by atoms with Crippen molar-refractivity contribution in [1.29, 1.82) is 0 Å². The van der Waals surface area contributed by atoms with E-state index in [1.54, 1.807) is 12.2 Å². The lowest BCUT2D eigenvalue weighted by Gasteiger charge is -2.13. The fourth-order valence-electron chi connectivity index (χ4n) is 1.66. The van der Waals surface area contributed by atoms with Gasteiger partial charge in [-0.3, -0.25) is 4.99 Å². The van der Waals surface area contributed by atoms with Crippen molar-refractivity contribution in [3.8, 4) is 0 Å². The Balaban J connectivity index is 2.74. The van der Waals surface area contributed by atoms with Crippen LogP contribution >= 0.6 is 0 Å². The van der Waals surface area contributed by atoms with Gasteiger partial charge >= 0.3 is 0 Å². The quantitative estimate of drug-likeness (QED) is 0.493. The third kappa shape index (κ3) is 3.96.